The Kier molecular flexibility index (Phi) is 5.60. The molecule has 1 N–H and O–H groups in total. The predicted molar refractivity (Wildman–Crippen MR) is 131 cm³/mol. The lowest BCUT2D eigenvalue weighted by molar-refractivity contribution is 0.313. The van der Waals surface area contributed by atoms with E-state index in [1.54, 1.807) is 7.11 Å². The third-order valence-electron chi connectivity index (χ3n) is 6.00. The molecule has 0 atom stereocenters. The Morgan fingerprint density at radius 3 is 2.34 bits per heavy atom. The summed E-state index contributed by atoms with van der Waals surface area (Å²) in [5, 5.41) is 4.37. The van der Waals surface area contributed by atoms with Crippen LogP contribution in [0.5, 0.6) is 5.75 Å². The summed E-state index contributed by atoms with van der Waals surface area (Å²) in [4.78, 5) is 14.2. The van der Waals surface area contributed by atoms with Crippen molar-refractivity contribution in [3.05, 3.63) is 72.9 Å². The quantitative estimate of drug-likeness (QED) is 0.496. The van der Waals surface area contributed by atoms with E-state index in [4.69, 9.17) is 9.72 Å². The van der Waals surface area contributed by atoms with Gasteiger partial charge in [0.25, 0.3) is 0 Å². The number of para-hydroxylation sites is 1. The van der Waals surface area contributed by atoms with Crippen molar-refractivity contribution in [2.24, 2.45) is 0 Å². The molecule has 0 aliphatic carbocycles. The molecule has 1 fully saturated rings. The van der Waals surface area contributed by atoms with Crippen molar-refractivity contribution in [2.45, 2.75) is 0 Å². The van der Waals surface area contributed by atoms with E-state index in [2.05, 4.69) is 69.6 Å². The molecule has 0 unspecified atom stereocenters. The average molecular weight is 426 g/mol. The van der Waals surface area contributed by atoms with E-state index in [9.17, 15) is 0 Å². The number of hydrogen-bond acceptors (Lipinski definition) is 6. The van der Waals surface area contributed by atoms with Gasteiger partial charge < -0.3 is 19.9 Å². The Morgan fingerprint density at radius 2 is 1.62 bits per heavy atom. The van der Waals surface area contributed by atoms with Gasteiger partial charge in [0, 0.05) is 54.7 Å². The van der Waals surface area contributed by atoms with Gasteiger partial charge in [-0.05, 0) is 49.0 Å². The molecule has 4 aromatic rings. The second-order valence-corrected chi connectivity index (χ2v) is 8.13. The SMILES string of the molecule is COc1ccc(-c2cccc3cnc(Nc4ccc(N5CCN(C)CC5)cc4)nc23)cc1. The number of ether oxygens (including phenoxy) is 1. The summed E-state index contributed by atoms with van der Waals surface area (Å²) in [7, 11) is 3.85. The zero-order valence-electron chi connectivity index (χ0n) is 18.5. The lowest BCUT2D eigenvalue weighted by atomic mass is 10.0. The van der Waals surface area contributed by atoms with Crippen molar-refractivity contribution in [3.8, 4) is 16.9 Å². The third kappa shape index (κ3) is 4.22. The molecule has 2 heterocycles. The molecule has 3 aromatic carbocycles. The number of aromatic nitrogens is 2. The number of nitrogens with one attached hydrogen (secondary N) is 1. The fourth-order valence-corrected chi connectivity index (χ4v) is 4.07. The third-order valence-corrected chi connectivity index (χ3v) is 6.00. The zero-order valence-corrected chi connectivity index (χ0v) is 18.5. The van der Waals surface area contributed by atoms with Gasteiger partial charge in [-0.3, -0.25) is 0 Å². The standard InChI is InChI=1S/C26H27N5O/c1-30-14-16-31(17-15-30)22-10-8-21(9-11-22)28-26-27-18-20-4-3-5-24(25(20)29-26)19-6-12-23(32-2)13-7-19/h3-13,18H,14-17H2,1-2H3,(H,27,28,29). The van der Waals surface area contributed by atoms with E-state index in [-0.39, 0.29) is 0 Å². The van der Waals surface area contributed by atoms with Crippen molar-refractivity contribution in [1.29, 1.82) is 0 Å². The second-order valence-electron chi connectivity index (χ2n) is 8.13. The fraction of sp³-hybridized carbons (Fsp3) is 0.231. The molecule has 0 spiro atoms. The topological polar surface area (TPSA) is 53.5 Å². The van der Waals surface area contributed by atoms with Crippen LogP contribution in [0.3, 0.4) is 0 Å². The Labute approximate surface area is 188 Å². The molecule has 5 rings (SSSR count). The van der Waals surface area contributed by atoms with Crippen LogP contribution in [0, 0.1) is 0 Å². The molecule has 1 aromatic heterocycles. The molecule has 162 valence electrons. The zero-order chi connectivity index (χ0) is 21.9. The molecule has 6 heteroatoms. The minimum atomic E-state index is 0.589. The van der Waals surface area contributed by atoms with Gasteiger partial charge in [-0.2, -0.15) is 0 Å². The summed E-state index contributed by atoms with van der Waals surface area (Å²) in [6.07, 6.45) is 1.87. The molecule has 0 bridgehead atoms. The van der Waals surface area contributed by atoms with Crippen LogP contribution in [-0.4, -0.2) is 55.2 Å². The monoisotopic (exact) mass is 425 g/mol. The molecule has 1 aliphatic heterocycles. The first kappa shape index (κ1) is 20.3. The summed E-state index contributed by atoms with van der Waals surface area (Å²) in [5.74, 6) is 1.43. The summed E-state index contributed by atoms with van der Waals surface area (Å²) >= 11 is 0. The lowest BCUT2D eigenvalue weighted by Gasteiger charge is -2.34. The van der Waals surface area contributed by atoms with E-state index >= 15 is 0 Å². The summed E-state index contributed by atoms with van der Waals surface area (Å²) < 4.78 is 5.29. The Hall–Kier alpha value is -3.64. The number of likely N-dealkylation sites (N-methyl/N-ethyl adjacent to an activating group) is 1. The van der Waals surface area contributed by atoms with Gasteiger partial charge in [0.2, 0.25) is 5.95 Å². The number of anilines is 3. The van der Waals surface area contributed by atoms with Gasteiger partial charge in [0.1, 0.15) is 5.75 Å². The van der Waals surface area contributed by atoms with E-state index in [1.165, 1.54) is 5.69 Å². The normalized spacial score (nSPS) is 14.5. The number of fused-ring (bicyclic) bond motifs is 1. The molecule has 1 saturated heterocycles. The average Bonchev–Trinajstić information content (AvgIpc) is 2.85. The second kappa shape index (κ2) is 8.85. The molecule has 0 amide bonds. The van der Waals surface area contributed by atoms with Crippen molar-refractivity contribution in [1.82, 2.24) is 14.9 Å². The van der Waals surface area contributed by atoms with Crippen LogP contribution in [0.1, 0.15) is 0 Å². The van der Waals surface area contributed by atoms with E-state index in [0.29, 0.717) is 5.95 Å². The van der Waals surface area contributed by atoms with Crippen LogP contribution >= 0.6 is 0 Å². The number of nitrogens with zero attached hydrogens (tertiary/aromatic N) is 4. The number of rotatable bonds is 5. The van der Waals surface area contributed by atoms with E-state index in [0.717, 1.165) is 59.6 Å². The van der Waals surface area contributed by atoms with Gasteiger partial charge in [-0.1, -0.05) is 30.3 Å². The first-order valence-electron chi connectivity index (χ1n) is 10.9. The maximum absolute atomic E-state index is 5.29. The van der Waals surface area contributed by atoms with Crippen LogP contribution in [0.15, 0.2) is 72.9 Å². The highest BCUT2D eigenvalue weighted by molar-refractivity contribution is 5.94. The van der Waals surface area contributed by atoms with Crippen molar-refractivity contribution < 1.29 is 4.74 Å². The smallest absolute Gasteiger partial charge is 0.227 e. The highest BCUT2D eigenvalue weighted by Gasteiger charge is 2.14. The van der Waals surface area contributed by atoms with Crippen LogP contribution in [0.25, 0.3) is 22.0 Å². The van der Waals surface area contributed by atoms with Crippen LogP contribution in [0.2, 0.25) is 0 Å². The molecular formula is C26H27N5O. The van der Waals surface area contributed by atoms with Gasteiger partial charge in [0.15, 0.2) is 0 Å². The molecule has 0 saturated carbocycles. The maximum atomic E-state index is 5.29. The molecule has 32 heavy (non-hydrogen) atoms. The minimum absolute atomic E-state index is 0.589. The first-order valence-corrected chi connectivity index (χ1v) is 10.9. The molecular weight excluding hydrogens is 398 g/mol. The number of hydrogen-bond donors (Lipinski definition) is 1. The Balaban J connectivity index is 1.39. The summed E-state index contributed by atoms with van der Waals surface area (Å²) in [6, 6.07) is 22.7. The van der Waals surface area contributed by atoms with Crippen LogP contribution < -0.4 is 15.0 Å². The van der Waals surface area contributed by atoms with E-state index < -0.39 is 0 Å². The first-order chi connectivity index (χ1) is 15.7. The number of methoxy groups -OCH3 is 1. The lowest BCUT2D eigenvalue weighted by Crippen LogP contribution is -2.44. The predicted octanol–water partition coefficient (Wildman–Crippen LogP) is 4.80. The Morgan fingerprint density at radius 1 is 0.875 bits per heavy atom. The highest BCUT2D eigenvalue weighted by Crippen LogP contribution is 2.29. The Bertz CT molecular complexity index is 1200. The maximum Gasteiger partial charge on any atom is 0.227 e. The summed E-state index contributed by atoms with van der Waals surface area (Å²) in [6.45, 7) is 4.32. The van der Waals surface area contributed by atoms with Gasteiger partial charge >= 0.3 is 0 Å². The molecule has 1 aliphatic rings. The fourth-order valence-electron chi connectivity index (χ4n) is 4.07. The number of benzene rings is 3. The largest absolute Gasteiger partial charge is 0.497 e. The number of piperazine rings is 1. The summed E-state index contributed by atoms with van der Waals surface area (Å²) in [5.41, 5.74) is 5.32. The molecule has 0 radical (unpaired) electrons. The van der Waals surface area contributed by atoms with Gasteiger partial charge in [0.05, 0.1) is 12.6 Å². The van der Waals surface area contributed by atoms with Crippen molar-refractivity contribution >= 4 is 28.2 Å². The highest BCUT2D eigenvalue weighted by atomic mass is 16.5. The van der Waals surface area contributed by atoms with Gasteiger partial charge in [-0.15, -0.1) is 0 Å². The van der Waals surface area contributed by atoms with Gasteiger partial charge in [-0.25, -0.2) is 9.97 Å². The van der Waals surface area contributed by atoms with Crippen molar-refractivity contribution in [2.75, 3.05) is 50.6 Å². The molecule has 6 nitrogen and oxygen atoms in total. The minimum Gasteiger partial charge on any atom is -0.497 e. The van der Waals surface area contributed by atoms with Crippen LogP contribution in [-0.2, 0) is 0 Å². The van der Waals surface area contributed by atoms with E-state index in [1.807, 2.05) is 30.5 Å². The van der Waals surface area contributed by atoms with Crippen molar-refractivity contribution in [3.63, 3.8) is 0 Å². The van der Waals surface area contributed by atoms with Crippen LogP contribution in [0.4, 0.5) is 17.3 Å².